The van der Waals surface area contributed by atoms with Gasteiger partial charge in [0.25, 0.3) is 0 Å². The highest BCUT2D eigenvalue weighted by Crippen LogP contribution is 2.55. The minimum absolute atomic E-state index is 0.00676. The molecule has 1 fully saturated rings. The van der Waals surface area contributed by atoms with Gasteiger partial charge in [-0.1, -0.05) is 18.2 Å². The third-order valence-corrected chi connectivity index (χ3v) is 9.61. The molecule has 2 aromatic rings. The molecule has 2 aromatic carbocycles. The zero-order valence-corrected chi connectivity index (χ0v) is 20.0. The van der Waals surface area contributed by atoms with Gasteiger partial charge in [0.2, 0.25) is 0 Å². The van der Waals surface area contributed by atoms with E-state index in [9.17, 15) is 39.2 Å². The molecule has 0 aromatic heterocycles. The summed E-state index contributed by atoms with van der Waals surface area (Å²) >= 11 is 0. The Bertz CT molecular complexity index is 1210. The minimum Gasteiger partial charge on any atom is -0.494 e. The molecule has 0 bridgehead atoms. The van der Waals surface area contributed by atoms with E-state index in [4.69, 9.17) is 4.74 Å². The molecule has 2 aliphatic rings. The molecule has 12 heteroatoms. The van der Waals surface area contributed by atoms with E-state index < -0.39 is 44.2 Å². The predicted octanol–water partition coefficient (Wildman–Crippen LogP) is 5.74. The Morgan fingerprint density at radius 1 is 1.00 bits per heavy atom. The number of ether oxygens (including phenoxy) is 1. The Morgan fingerprint density at radius 2 is 1.64 bits per heavy atom. The van der Waals surface area contributed by atoms with Crippen LogP contribution < -0.4 is 10.1 Å². The van der Waals surface area contributed by atoms with E-state index in [0.717, 1.165) is 6.07 Å². The Morgan fingerprint density at radius 3 is 2.22 bits per heavy atom. The van der Waals surface area contributed by atoms with Gasteiger partial charge in [0.05, 0.1) is 11.5 Å². The predicted molar refractivity (Wildman–Crippen MR) is 117 cm³/mol. The number of aryl methyl sites for hydroxylation is 1. The van der Waals surface area contributed by atoms with Crippen LogP contribution in [0, 0.1) is 0 Å². The number of sulfone groups is 1. The van der Waals surface area contributed by atoms with Crippen molar-refractivity contribution in [1.29, 1.82) is 0 Å². The maximum absolute atomic E-state index is 14.7. The van der Waals surface area contributed by atoms with Crippen LogP contribution in [0.4, 0.5) is 30.7 Å². The average Bonchev–Trinajstić information content (AvgIpc) is 2.82. The van der Waals surface area contributed by atoms with Crippen molar-refractivity contribution in [3.05, 3.63) is 59.2 Å². The number of halogens is 7. The number of hydrogen-bond donors (Lipinski definition) is 1. The van der Waals surface area contributed by atoms with Crippen LogP contribution in [0.5, 0.6) is 5.75 Å². The van der Waals surface area contributed by atoms with Crippen LogP contribution in [0.3, 0.4) is 0 Å². The van der Waals surface area contributed by atoms with Crippen LogP contribution in [0.25, 0.3) is 0 Å². The van der Waals surface area contributed by atoms with E-state index >= 15 is 0 Å². The average molecular weight is 540 g/mol. The van der Waals surface area contributed by atoms with Crippen molar-refractivity contribution in [2.45, 2.75) is 66.3 Å². The molecule has 2 atom stereocenters. The smallest absolute Gasteiger partial charge is 0.435 e. The van der Waals surface area contributed by atoms with Gasteiger partial charge in [-0.05, 0) is 74.5 Å². The van der Waals surface area contributed by atoms with Gasteiger partial charge >= 0.3 is 18.0 Å². The molecule has 4 rings (SSSR count). The first-order chi connectivity index (χ1) is 16.7. The minimum atomic E-state index is -6.25. The SMILES string of the molecule is CCOc1ccc(S(=O)(=O)C23CCCNC2CCc2cc(C(F)(C(F)(F)F)C(F)(F)F)ccc23)cc1. The van der Waals surface area contributed by atoms with Crippen molar-refractivity contribution < 1.29 is 43.9 Å². The fourth-order valence-electron chi connectivity index (χ4n) is 5.40. The van der Waals surface area contributed by atoms with Crippen LogP contribution in [0.15, 0.2) is 47.4 Å². The third-order valence-electron chi connectivity index (χ3n) is 7.05. The van der Waals surface area contributed by atoms with Crippen LogP contribution in [0.1, 0.15) is 42.9 Å². The van der Waals surface area contributed by atoms with Gasteiger partial charge < -0.3 is 10.1 Å². The Hall–Kier alpha value is -2.34. The van der Waals surface area contributed by atoms with Crippen molar-refractivity contribution >= 4 is 9.84 Å². The molecule has 1 aliphatic heterocycles. The summed E-state index contributed by atoms with van der Waals surface area (Å²) in [4.78, 5) is -0.0537. The summed E-state index contributed by atoms with van der Waals surface area (Å²) < 4.78 is 127. The van der Waals surface area contributed by atoms with Crippen LogP contribution in [-0.4, -0.2) is 40.0 Å². The van der Waals surface area contributed by atoms with Crippen molar-refractivity contribution in [3.8, 4) is 5.75 Å². The maximum atomic E-state index is 14.7. The lowest BCUT2D eigenvalue weighted by Gasteiger charge is -2.48. The third kappa shape index (κ3) is 3.87. The van der Waals surface area contributed by atoms with Gasteiger partial charge in [-0.15, -0.1) is 0 Å². The van der Waals surface area contributed by atoms with E-state index in [1.807, 2.05) is 0 Å². The molecule has 4 nitrogen and oxygen atoms in total. The summed E-state index contributed by atoms with van der Waals surface area (Å²) in [6, 6.07) is 6.92. The first kappa shape index (κ1) is 26.7. The maximum Gasteiger partial charge on any atom is 0.435 e. The molecule has 198 valence electrons. The molecule has 1 heterocycles. The number of fused-ring (bicyclic) bond motifs is 3. The largest absolute Gasteiger partial charge is 0.494 e. The molecule has 0 saturated carbocycles. The summed E-state index contributed by atoms with van der Waals surface area (Å²) in [7, 11) is -4.19. The van der Waals surface area contributed by atoms with Gasteiger partial charge in [-0.25, -0.2) is 12.8 Å². The lowest BCUT2D eigenvalue weighted by molar-refractivity contribution is -0.348. The first-order valence-electron chi connectivity index (χ1n) is 11.4. The number of alkyl halides is 7. The van der Waals surface area contributed by atoms with E-state index in [0.29, 0.717) is 37.5 Å². The lowest BCUT2D eigenvalue weighted by Crippen LogP contribution is -2.59. The highest BCUT2D eigenvalue weighted by Gasteiger charge is 2.73. The zero-order valence-electron chi connectivity index (χ0n) is 19.1. The van der Waals surface area contributed by atoms with E-state index in [-0.39, 0.29) is 35.3 Å². The second kappa shape index (κ2) is 8.90. The second-order valence-corrected chi connectivity index (χ2v) is 11.2. The number of rotatable bonds is 5. The molecule has 1 saturated heterocycles. The Balaban J connectivity index is 1.89. The fourth-order valence-corrected chi connectivity index (χ4v) is 7.79. The number of nitrogens with one attached hydrogen (secondary N) is 1. The van der Waals surface area contributed by atoms with Gasteiger partial charge in [-0.2, -0.15) is 26.3 Å². The second-order valence-electron chi connectivity index (χ2n) is 8.97. The van der Waals surface area contributed by atoms with Gasteiger partial charge in [0.15, 0.2) is 9.84 Å². The van der Waals surface area contributed by atoms with Crippen molar-refractivity contribution in [1.82, 2.24) is 5.32 Å². The topological polar surface area (TPSA) is 55.4 Å². The molecule has 0 spiro atoms. The van der Waals surface area contributed by atoms with Crippen LogP contribution >= 0.6 is 0 Å². The summed E-state index contributed by atoms with van der Waals surface area (Å²) in [5, 5.41) is 3.17. The van der Waals surface area contributed by atoms with E-state index in [1.165, 1.54) is 24.3 Å². The molecule has 0 radical (unpaired) electrons. The summed E-state index contributed by atoms with van der Waals surface area (Å²) in [6.07, 6.45) is -11.9. The number of piperidine rings is 1. The highest BCUT2D eigenvalue weighted by molar-refractivity contribution is 7.92. The van der Waals surface area contributed by atoms with Crippen LogP contribution in [-0.2, 0) is 26.7 Å². The molecule has 1 N–H and O–H groups in total. The Labute approximate surface area is 203 Å². The number of benzene rings is 2. The Kier molecular flexibility index (Phi) is 6.60. The monoisotopic (exact) mass is 539 g/mol. The first-order valence-corrected chi connectivity index (χ1v) is 12.9. The van der Waals surface area contributed by atoms with Crippen molar-refractivity contribution in [3.63, 3.8) is 0 Å². The van der Waals surface area contributed by atoms with Gasteiger partial charge in [0.1, 0.15) is 10.5 Å². The van der Waals surface area contributed by atoms with Crippen molar-refractivity contribution in [2.24, 2.45) is 0 Å². The number of hydrogen-bond acceptors (Lipinski definition) is 4. The van der Waals surface area contributed by atoms with E-state index in [2.05, 4.69) is 5.32 Å². The van der Waals surface area contributed by atoms with Gasteiger partial charge in [-0.3, -0.25) is 0 Å². The van der Waals surface area contributed by atoms with Crippen molar-refractivity contribution in [2.75, 3.05) is 13.2 Å². The van der Waals surface area contributed by atoms with Gasteiger partial charge in [0, 0.05) is 11.6 Å². The zero-order chi connectivity index (χ0) is 26.6. The summed E-state index contributed by atoms with van der Waals surface area (Å²) in [6.45, 7) is 2.64. The summed E-state index contributed by atoms with van der Waals surface area (Å²) in [5.74, 6) is 0.444. The molecule has 2 unspecified atom stereocenters. The molecule has 1 aliphatic carbocycles. The molecular weight excluding hydrogens is 515 g/mol. The molecular formula is C24H24F7NO3S. The highest BCUT2D eigenvalue weighted by atomic mass is 32.2. The normalized spacial score (nSPS) is 23.1. The quantitative estimate of drug-likeness (QED) is 0.493. The standard InChI is InChI=1S/C24H24F7NO3S/c1-2-35-17-6-8-18(9-7-17)36(33,34)21-12-3-13-32-20(21)11-4-15-14-16(5-10-19(15)21)22(25,23(26,27)28)24(29,30)31/h5-10,14,20,32H,2-4,11-13H2,1H3. The molecule has 36 heavy (non-hydrogen) atoms. The fraction of sp³-hybridized carbons (Fsp3) is 0.500. The molecule has 0 amide bonds. The van der Waals surface area contributed by atoms with E-state index in [1.54, 1.807) is 6.92 Å². The lowest BCUT2D eigenvalue weighted by atomic mass is 9.73. The van der Waals surface area contributed by atoms with Crippen LogP contribution in [0.2, 0.25) is 0 Å². The summed E-state index contributed by atoms with van der Waals surface area (Å²) in [5.41, 5.74) is -7.15.